The van der Waals surface area contributed by atoms with Gasteiger partial charge in [-0.1, -0.05) is 0 Å². The van der Waals surface area contributed by atoms with Crippen LogP contribution in [0.5, 0.6) is 11.5 Å². The van der Waals surface area contributed by atoms with Gasteiger partial charge in [-0.3, -0.25) is 9.59 Å². The molecule has 0 radical (unpaired) electrons. The number of alkyl halides is 1. The summed E-state index contributed by atoms with van der Waals surface area (Å²) in [6, 6.07) is 4.84. The predicted molar refractivity (Wildman–Crippen MR) is 116 cm³/mol. The topological polar surface area (TPSA) is 68.3 Å². The molecule has 0 aromatic heterocycles. The molecular weight excluding hydrogens is 420 g/mol. The molecule has 8 heteroatoms. The highest BCUT2D eigenvalue weighted by atomic mass is 35.5. The number of benzene rings is 1. The molecular formula is C23H29ClN2O5. The Morgan fingerprint density at radius 3 is 2.65 bits per heavy atom. The van der Waals surface area contributed by atoms with Crippen molar-refractivity contribution in [3.63, 3.8) is 0 Å². The van der Waals surface area contributed by atoms with Gasteiger partial charge in [0.2, 0.25) is 0 Å². The number of likely N-dealkylation sites (N-methyl/N-ethyl adjacent to an activating group) is 1. The molecule has 0 saturated heterocycles. The van der Waals surface area contributed by atoms with Crippen LogP contribution < -0.4 is 9.47 Å². The molecule has 0 N–H and O–H groups in total. The van der Waals surface area contributed by atoms with Crippen molar-refractivity contribution in [3.05, 3.63) is 35.1 Å². The maximum absolute atomic E-state index is 13.7. The summed E-state index contributed by atoms with van der Waals surface area (Å²) < 4.78 is 17.2. The summed E-state index contributed by atoms with van der Waals surface area (Å²) in [5, 5.41) is -0.0531. The van der Waals surface area contributed by atoms with E-state index in [1.54, 1.807) is 31.3 Å². The lowest BCUT2D eigenvalue weighted by molar-refractivity contribution is -0.135. The highest BCUT2D eigenvalue weighted by Crippen LogP contribution is 2.49. The quantitative estimate of drug-likeness (QED) is 0.623. The van der Waals surface area contributed by atoms with E-state index in [0.717, 1.165) is 6.42 Å². The fraction of sp³-hybridized carbons (Fsp3) is 0.565. The third-order valence-corrected chi connectivity index (χ3v) is 6.80. The number of fused-ring (bicyclic) bond motifs is 1. The third-order valence-electron chi connectivity index (χ3n) is 6.40. The molecule has 2 heterocycles. The van der Waals surface area contributed by atoms with Crippen LogP contribution in [-0.4, -0.2) is 74.4 Å². The van der Waals surface area contributed by atoms with Crippen LogP contribution in [0, 0.1) is 5.92 Å². The smallest absolute Gasteiger partial charge is 0.290 e. The average Bonchev–Trinajstić information content (AvgIpc) is 3.04. The number of halogens is 1. The lowest BCUT2D eigenvalue weighted by Gasteiger charge is -2.37. The van der Waals surface area contributed by atoms with Gasteiger partial charge < -0.3 is 24.0 Å². The molecule has 168 valence electrons. The largest absolute Gasteiger partial charge is 0.497 e. The Bertz CT molecular complexity index is 915. The van der Waals surface area contributed by atoms with Gasteiger partial charge >= 0.3 is 0 Å². The van der Waals surface area contributed by atoms with Crippen molar-refractivity contribution in [2.75, 3.05) is 41.4 Å². The van der Waals surface area contributed by atoms with Gasteiger partial charge in [-0.05, 0) is 51.6 Å². The van der Waals surface area contributed by atoms with Crippen LogP contribution in [0.4, 0.5) is 0 Å². The Morgan fingerprint density at radius 2 is 1.97 bits per heavy atom. The standard InChI is InChI=1S/C23H29ClN2O5/c1-25(2)9-10-26-20(15-12-14(29-3)6-8-17(15)30-4)19-21(27)16-11-13(24)5-7-18(16)31-22(19)23(26)28/h6,8,12-13,16,18,20H,5,7,9-11H2,1-4H3. The van der Waals surface area contributed by atoms with E-state index in [-0.39, 0.29) is 34.8 Å². The minimum absolute atomic E-state index is 0.0350. The number of rotatable bonds is 6. The number of nitrogens with zero attached hydrogens (tertiary/aromatic N) is 2. The van der Waals surface area contributed by atoms with E-state index in [0.29, 0.717) is 48.6 Å². The fourth-order valence-electron chi connectivity index (χ4n) is 4.78. The van der Waals surface area contributed by atoms with E-state index in [1.165, 1.54) is 0 Å². The minimum atomic E-state index is -0.586. The van der Waals surface area contributed by atoms with Crippen LogP contribution in [0.2, 0.25) is 0 Å². The van der Waals surface area contributed by atoms with Gasteiger partial charge in [0, 0.05) is 24.0 Å². The van der Waals surface area contributed by atoms with Crippen molar-refractivity contribution in [2.45, 2.75) is 36.8 Å². The van der Waals surface area contributed by atoms with E-state index in [4.69, 9.17) is 25.8 Å². The SMILES string of the molecule is COc1ccc(OC)c(C2C3=C(OC4CCC(Cl)CC4C3=O)C(=O)N2CCN(C)C)c1. The summed E-state index contributed by atoms with van der Waals surface area (Å²) in [6.45, 7) is 1.11. The van der Waals surface area contributed by atoms with Crippen LogP contribution in [0.1, 0.15) is 30.9 Å². The van der Waals surface area contributed by atoms with Crippen LogP contribution in [0.3, 0.4) is 0 Å². The Kier molecular flexibility index (Phi) is 6.17. The molecule has 1 aliphatic carbocycles. The highest BCUT2D eigenvalue weighted by molar-refractivity contribution is 6.21. The van der Waals surface area contributed by atoms with Gasteiger partial charge in [0.25, 0.3) is 5.91 Å². The number of carbonyl (C=O) groups excluding carboxylic acids is 2. The van der Waals surface area contributed by atoms with Gasteiger partial charge in [0.1, 0.15) is 17.6 Å². The second-order valence-electron chi connectivity index (χ2n) is 8.59. The number of carbonyl (C=O) groups is 2. The Morgan fingerprint density at radius 1 is 1.19 bits per heavy atom. The Balaban J connectivity index is 1.82. The molecule has 4 unspecified atom stereocenters. The molecule has 31 heavy (non-hydrogen) atoms. The van der Waals surface area contributed by atoms with E-state index in [9.17, 15) is 9.59 Å². The minimum Gasteiger partial charge on any atom is -0.497 e. The van der Waals surface area contributed by atoms with E-state index in [1.807, 2.05) is 25.1 Å². The van der Waals surface area contributed by atoms with Crippen molar-refractivity contribution in [2.24, 2.45) is 5.92 Å². The second-order valence-corrected chi connectivity index (χ2v) is 9.21. The zero-order valence-corrected chi connectivity index (χ0v) is 19.1. The maximum atomic E-state index is 13.7. The summed E-state index contributed by atoms with van der Waals surface area (Å²) in [7, 11) is 7.07. The molecule has 2 aliphatic heterocycles. The molecule has 4 rings (SSSR count). The number of methoxy groups -OCH3 is 2. The van der Waals surface area contributed by atoms with Gasteiger partial charge in [-0.25, -0.2) is 0 Å². The molecule has 1 saturated carbocycles. The van der Waals surface area contributed by atoms with E-state index in [2.05, 4.69) is 0 Å². The van der Waals surface area contributed by atoms with Crippen LogP contribution in [0.25, 0.3) is 0 Å². The first kappa shape index (κ1) is 22.0. The molecule has 1 aromatic rings. The van der Waals surface area contributed by atoms with Crippen molar-refractivity contribution < 1.29 is 23.8 Å². The van der Waals surface area contributed by atoms with Crippen LogP contribution in [-0.2, 0) is 14.3 Å². The van der Waals surface area contributed by atoms with Gasteiger partial charge in [0.15, 0.2) is 11.5 Å². The molecule has 3 aliphatic rings. The fourth-order valence-corrected chi connectivity index (χ4v) is 5.10. The van der Waals surface area contributed by atoms with Crippen LogP contribution >= 0.6 is 11.6 Å². The Hall–Kier alpha value is -2.25. The van der Waals surface area contributed by atoms with Crippen molar-refractivity contribution >= 4 is 23.3 Å². The lowest BCUT2D eigenvalue weighted by atomic mass is 9.77. The van der Waals surface area contributed by atoms with Crippen LogP contribution in [0.15, 0.2) is 29.5 Å². The van der Waals surface area contributed by atoms with Gasteiger partial charge in [0.05, 0.1) is 31.8 Å². The number of hydrogen-bond donors (Lipinski definition) is 0. The molecule has 1 aromatic carbocycles. The summed E-state index contributed by atoms with van der Waals surface area (Å²) >= 11 is 6.38. The number of amides is 1. The first-order valence-electron chi connectivity index (χ1n) is 10.6. The van der Waals surface area contributed by atoms with E-state index < -0.39 is 6.04 Å². The van der Waals surface area contributed by atoms with Crippen molar-refractivity contribution in [1.82, 2.24) is 9.80 Å². The summed E-state index contributed by atoms with van der Waals surface area (Å²) in [6.07, 6.45) is 1.74. The number of ether oxygens (including phenoxy) is 3. The summed E-state index contributed by atoms with van der Waals surface area (Å²) in [5.41, 5.74) is 1.13. The Labute approximate surface area is 187 Å². The average molecular weight is 449 g/mol. The lowest BCUT2D eigenvalue weighted by Crippen LogP contribution is -2.41. The van der Waals surface area contributed by atoms with E-state index >= 15 is 0 Å². The molecule has 1 amide bonds. The summed E-state index contributed by atoms with van der Waals surface area (Å²) in [4.78, 5) is 30.9. The van der Waals surface area contributed by atoms with Gasteiger partial charge in [-0.2, -0.15) is 0 Å². The number of ketones is 1. The maximum Gasteiger partial charge on any atom is 0.290 e. The molecule has 1 fully saturated rings. The first-order valence-corrected chi connectivity index (χ1v) is 11.1. The normalized spacial score (nSPS) is 27.9. The van der Waals surface area contributed by atoms with Crippen molar-refractivity contribution in [3.8, 4) is 11.5 Å². The van der Waals surface area contributed by atoms with Crippen molar-refractivity contribution in [1.29, 1.82) is 0 Å². The summed E-state index contributed by atoms with van der Waals surface area (Å²) in [5.74, 6) is 0.809. The van der Waals surface area contributed by atoms with Gasteiger partial charge in [-0.15, -0.1) is 11.6 Å². The molecule has 0 bridgehead atoms. The predicted octanol–water partition coefficient (Wildman–Crippen LogP) is 2.78. The third kappa shape index (κ3) is 3.89. The number of hydrogen-bond acceptors (Lipinski definition) is 6. The number of Topliss-reactive ketones (excluding diaryl/α,β-unsaturated/α-hetero) is 1. The highest BCUT2D eigenvalue weighted by Gasteiger charge is 2.53. The molecule has 4 atom stereocenters. The second kappa shape index (κ2) is 8.71. The first-order chi connectivity index (χ1) is 14.8. The molecule has 7 nitrogen and oxygen atoms in total. The zero-order valence-electron chi connectivity index (χ0n) is 18.4. The zero-order chi connectivity index (χ0) is 22.3. The monoisotopic (exact) mass is 448 g/mol. The molecule has 0 spiro atoms.